The van der Waals surface area contributed by atoms with E-state index in [-0.39, 0.29) is 69.2 Å². The predicted octanol–water partition coefficient (Wildman–Crippen LogP) is -1.95. The fraction of sp³-hybridized carbons (Fsp3) is 0. The smallest absolute Gasteiger partial charge is 0.302 e. The van der Waals surface area contributed by atoms with Gasteiger partial charge >= 0.3 is 84.8 Å². The number of rotatable bonds is 2. The van der Waals surface area contributed by atoms with Gasteiger partial charge in [0.15, 0.2) is 0 Å². The predicted molar refractivity (Wildman–Crippen MR) is 42.4 cm³/mol. The molecule has 0 unspecified atom stereocenters. The van der Waals surface area contributed by atoms with Crippen molar-refractivity contribution in [2.24, 2.45) is 0 Å². The molecule has 0 aliphatic rings. The van der Waals surface area contributed by atoms with Crippen LogP contribution in [0.2, 0.25) is 0 Å². The van der Waals surface area contributed by atoms with Crippen molar-refractivity contribution >= 4 is 84.8 Å². The summed E-state index contributed by atoms with van der Waals surface area (Å²) < 4.78 is 22.2. The Hall–Kier alpha value is 2.56. The van der Waals surface area contributed by atoms with Gasteiger partial charge in [-0.1, -0.05) is 0 Å². The fourth-order valence-electron chi connectivity index (χ4n) is 0.139. The normalized spacial score (nSPS) is 10.3. The second-order valence-electron chi connectivity index (χ2n) is 1.06. The van der Waals surface area contributed by atoms with Crippen LogP contribution in [-0.4, -0.2) is 88.7 Å². The summed E-state index contributed by atoms with van der Waals surface area (Å²) >= 11 is 0. The second-order valence-corrected chi connectivity index (χ2v) is 3.68. The van der Waals surface area contributed by atoms with Crippen molar-refractivity contribution in [1.29, 1.82) is 0 Å². The number of phosphoric acid groups is 2. The topological polar surface area (TPSA) is 124 Å². The van der Waals surface area contributed by atoms with Gasteiger partial charge in [0.25, 0.3) is 0 Å². The van der Waals surface area contributed by atoms with E-state index in [0.29, 0.717) is 0 Å². The molecule has 0 atom stereocenters. The van der Waals surface area contributed by atoms with Crippen molar-refractivity contribution in [3.05, 3.63) is 0 Å². The van der Waals surface area contributed by atoms with E-state index in [2.05, 4.69) is 4.31 Å². The second kappa shape index (κ2) is 8.83. The molecule has 0 spiro atoms. The Kier molecular flexibility index (Phi) is 17.7. The first-order valence-electron chi connectivity index (χ1n) is 1.53. The van der Waals surface area contributed by atoms with E-state index in [1.165, 1.54) is 0 Å². The molecule has 0 aromatic carbocycles. The van der Waals surface area contributed by atoms with E-state index in [1.807, 2.05) is 0 Å². The van der Waals surface area contributed by atoms with Crippen LogP contribution in [0.3, 0.4) is 0 Å². The van der Waals surface area contributed by atoms with Crippen molar-refractivity contribution in [2.45, 2.75) is 0 Å². The molecule has 0 fully saturated rings. The maximum Gasteiger partial charge on any atom is 2.00 e. The molecule has 0 aromatic heterocycles. The molecular formula is H4Mg3O7P2+6. The standard InChI is InChI=1S/3Mg.H4O7P2/c;;;1-8(2,3)7-9(4,5)6/h;;;(H2,1,2,3)(H2,4,5,6)/q3*+2;. The summed E-state index contributed by atoms with van der Waals surface area (Å²) in [4.78, 5) is 31.0. The molecule has 0 heterocycles. The van der Waals surface area contributed by atoms with E-state index < -0.39 is 15.6 Å². The monoisotopic (exact) mass is 250 g/mol. The molecule has 0 amide bonds. The van der Waals surface area contributed by atoms with E-state index in [1.54, 1.807) is 0 Å². The fourth-order valence-corrected chi connectivity index (χ4v) is 1.25. The van der Waals surface area contributed by atoms with E-state index in [4.69, 9.17) is 19.6 Å². The minimum atomic E-state index is -5.05. The maximum absolute atomic E-state index is 9.63. The van der Waals surface area contributed by atoms with Crippen LogP contribution in [-0.2, 0) is 13.4 Å². The molecule has 0 aliphatic carbocycles. The first-order valence-corrected chi connectivity index (χ1v) is 4.59. The Bertz CT molecular complexity index is 157. The minimum Gasteiger partial charge on any atom is -0.302 e. The summed E-state index contributed by atoms with van der Waals surface area (Å²) in [7, 11) is -10.1. The van der Waals surface area contributed by atoms with Gasteiger partial charge in [0.2, 0.25) is 0 Å². The molecule has 56 valence electrons. The van der Waals surface area contributed by atoms with Gasteiger partial charge in [-0.15, -0.1) is 0 Å². The van der Waals surface area contributed by atoms with E-state index in [0.717, 1.165) is 0 Å². The largest absolute Gasteiger partial charge is 2.00 e. The van der Waals surface area contributed by atoms with E-state index >= 15 is 0 Å². The summed E-state index contributed by atoms with van der Waals surface area (Å²) in [5.41, 5.74) is 0. The average Bonchev–Trinajstić information content (AvgIpc) is 1.14. The number of hydrogen-bond donors (Lipinski definition) is 4. The van der Waals surface area contributed by atoms with Crippen LogP contribution in [0.5, 0.6) is 0 Å². The SMILES string of the molecule is O=P(O)(O)OP(=O)(O)O.[Mg+2].[Mg+2].[Mg+2]. The minimum absolute atomic E-state index is 0. The van der Waals surface area contributed by atoms with Gasteiger partial charge in [-0.05, 0) is 0 Å². The Morgan fingerprint density at radius 2 is 0.917 bits per heavy atom. The van der Waals surface area contributed by atoms with Gasteiger partial charge in [0.05, 0.1) is 0 Å². The van der Waals surface area contributed by atoms with Crippen LogP contribution >= 0.6 is 15.6 Å². The van der Waals surface area contributed by atoms with Gasteiger partial charge in [0, 0.05) is 0 Å². The molecule has 12 heavy (non-hydrogen) atoms. The molecule has 0 rings (SSSR count). The molecule has 0 bridgehead atoms. The zero-order chi connectivity index (χ0) is 7.71. The van der Waals surface area contributed by atoms with Gasteiger partial charge in [0.1, 0.15) is 0 Å². The van der Waals surface area contributed by atoms with Crippen molar-refractivity contribution in [1.82, 2.24) is 0 Å². The van der Waals surface area contributed by atoms with Gasteiger partial charge < -0.3 is 19.6 Å². The summed E-state index contributed by atoms with van der Waals surface area (Å²) in [6.45, 7) is 0. The molecule has 0 saturated carbocycles. The summed E-state index contributed by atoms with van der Waals surface area (Å²) in [5.74, 6) is 0. The first kappa shape index (κ1) is 24.0. The third-order valence-electron chi connectivity index (χ3n) is 0.213. The van der Waals surface area contributed by atoms with Crippen LogP contribution in [0.15, 0.2) is 0 Å². The van der Waals surface area contributed by atoms with Crippen LogP contribution in [0.25, 0.3) is 0 Å². The molecular weight excluding hydrogens is 247 g/mol. The maximum atomic E-state index is 9.63. The summed E-state index contributed by atoms with van der Waals surface area (Å²) in [5, 5.41) is 0. The van der Waals surface area contributed by atoms with Crippen molar-refractivity contribution in [3.63, 3.8) is 0 Å². The number of hydrogen-bond acceptors (Lipinski definition) is 3. The van der Waals surface area contributed by atoms with Crippen LogP contribution in [0, 0.1) is 0 Å². The molecule has 0 aromatic rings. The zero-order valence-electron chi connectivity index (χ0n) is 6.03. The molecule has 4 N–H and O–H groups in total. The van der Waals surface area contributed by atoms with Crippen molar-refractivity contribution < 1.29 is 33.0 Å². The zero-order valence-corrected chi connectivity index (χ0v) is 12.1. The third kappa shape index (κ3) is 22.9. The molecule has 0 radical (unpaired) electrons. The van der Waals surface area contributed by atoms with E-state index in [9.17, 15) is 9.13 Å². The van der Waals surface area contributed by atoms with Gasteiger partial charge in [-0.3, -0.25) is 0 Å². The van der Waals surface area contributed by atoms with Crippen LogP contribution in [0.4, 0.5) is 0 Å². The summed E-state index contributed by atoms with van der Waals surface area (Å²) in [6, 6.07) is 0. The Labute approximate surface area is 117 Å². The molecule has 0 aliphatic heterocycles. The summed E-state index contributed by atoms with van der Waals surface area (Å²) in [6.07, 6.45) is 0. The van der Waals surface area contributed by atoms with Crippen LogP contribution < -0.4 is 0 Å². The Morgan fingerprint density at radius 3 is 0.917 bits per heavy atom. The third-order valence-corrected chi connectivity index (χ3v) is 1.91. The van der Waals surface area contributed by atoms with Crippen molar-refractivity contribution in [3.8, 4) is 0 Å². The van der Waals surface area contributed by atoms with Crippen molar-refractivity contribution in [2.75, 3.05) is 0 Å². The molecule has 12 heteroatoms. The molecule has 7 nitrogen and oxygen atoms in total. The van der Waals surface area contributed by atoms with Gasteiger partial charge in [-0.25, -0.2) is 9.13 Å². The quantitative estimate of drug-likeness (QED) is 0.332. The Balaban J connectivity index is -0.000000107. The molecule has 0 saturated heterocycles. The average molecular weight is 251 g/mol. The first-order chi connectivity index (χ1) is 3.71. The Morgan fingerprint density at radius 1 is 0.750 bits per heavy atom. The van der Waals surface area contributed by atoms with Crippen LogP contribution in [0.1, 0.15) is 0 Å². The van der Waals surface area contributed by atoms with Gasteiger partial charge in [-0.2, -0.15) is 4.31 Å².